The van der Waals surface area contributed by atoms with E-state index in [1.807, 2.05) is 25.1 Å². The average Bonchev–Trinajstić information content (AvgIpc) is 2.07. The lowest BCUT2D eigenvalue weighted by Gasteiger charge is -2.14. The van der Waals surface area contributed by atoms with E-state index < -0.39 is 6.03 Å². The highest BCUT2D eigenvalue weighted by molar-refractivity contribution is 5.89. The van der Waals surface area contributed by atoms with Crippen LogP contribution in [-0.2, 0) is 0 Å². The number of urea groups is 1. The third-order valence-electron chi connectivity index (χ3n) is 2.18. The Morgan fingerprint density at radius 3 is 2.57 bits per heavy atom. The molecule has 14 heavy (non-hydrogen) atoms. The Morgan fingerprint density at radius 1 is 1.43 bits per heavy atom. The van der Waals surface area contributed by atoms with Crippen LogP contribution in [0.5, 0.6) is 0 Å². The number of anilines is 1. The molecule has 0 atom stereocenters. The van der Waals surface area contributed by atoms with Crippen molar-refractivity contribution >= 4 is 11.7 Å². The highest BCUT2D eigenvalue weighted by atomic mass is 16.2. The second-order valence-corrected chi connectivity index (χ2v) is 3.68. The second-order valence-electron chi connectivity index (χ2n) is 3.68. The van der Waals surface area contributed by atoms with Gasteiger partial charge < -0.3 is 11.1 Å². The Labute approximate surface area is 84.3 Å². The van der Waals surface area contributed by atoms with Crippen LogP contribution in [0.4, 0.5) is 10.5 Å². The van der Waals surface area contributed by atoms with Gasteiger partial charge in [-0.2, -0.15) is 0 Å². The molecule has 0 unspecified atom stereocenters. The first kappa shape index (κ1) is 10.6. The van der Waals surface area contributed by atoms with Crippen LogP contribution in [-0.4, -0.2) is 6.03 Å². The smallest absolute Gasteiger partial charge is 0.316 e. The van der Waals surface area contributed by atoms with Crippen molar-refractivity contribution in [2.75, 3.05) is 5.32 Å². The molecule has 0 saturated carbocycles. The van der Waals surface area contributed by atoms with Crippen LogP contribution in [0.3, 0.4) is 0 Å². The van der Waals surface area contributed by atoms with Gasteiger partial charge in [0.05, 0.1) is 0 Å². The molecule has 0 heterocycles. The number of hydrogen-bond donors (Lipinski definition) is 2. The van der Waals surface area contributed by atoms with Crippen LogP contribution >= 0.6 is 0 Å². The maximum absolute atomic E-state index is 10.8. The third-order valence-corrected chi connectivity index (χ3v) is 2.18. The van der Waals surface area contributed by atoms with Gasteiger partial charge in [0.25, 0.3) is 0 Å². The van der Waals surface area contributed by atoms with Crippen LogP contribution < -0.4 is 11.1 Å². The fourth-order valence-corrected chi connectivity index (χ4v) is 1.47. The van der Waals surface area contributed by atoms with Gasteiger partial charge in [-0.15, -0.1) is 0 Å². The summed E-state index contributed by atoms with van der Waals surface area (Å²) in [6.45, 7) is 6.12. The molecule has 1 aromatic carbocycles. The molecule has 0 spiro atoms. The third kappa shape index (κ3) is 2.25. The van der Waals surface area contributed by atoms with E-state index in [9.17, 15) is 4.79 Å². The van der Waals surface area contributed by atoms with Crippen molar-refractivity contribution in [2.45, 2.75) is 26.7 Å². The monoisotopic (exact) mass is 192 g/mol. The summed E-state index contributed by atoms with van der Waals surface area (Å²) in [7, 11) is 0. The zero-order valence-electron chi connectivity index (χ0n) is 8.79. The summed E-state index contributed by atoms with van der Waals surface area (Å²) in [4.78, 5) is 10.8. The number of carbonyl (C=O) groups is 1. The van der Waals surface area contributed by atoms with Crippen molar-refractivity contribution in [1.29, 1.82) is 0 Å². The predicted octanol–water partition coefficient (Wildman–Crippen LogP) is 2.61. The maximum atomic E-state index is 10.8. The van der Waals surface area contributed by atoms with Gasteiger partial charge in [0.1, 0.15) is 0 Å². The SMILES string of the molecule is Cc1cccc(C(C)C)c1NC(N)=O. The van der Waals surface area contributed by atoms with Gasteiger partial charge in [0, 0.05) is 5.69 Å². The summed E-state index contributed by atoms with van der Waals surface area (Å²) in [5, 5.41) is 2.66. The molecule has 1 rings (SSSR count). The second kappa shape index (κ2) is 4.13. The Morgan fingerprint density at radius 2 is 2.07 bits per heavy atom. The van der Waals surface area contributed by atoms with E-state index in [2.05, 4.69) is 19.2 Å². The molecular weight excluding hydrogens is 176 g/mol. The van der Waals surface area contributed by atoms with E-state index in [0.717, 1.165) is 16.8 Å². The first-order valence-corrected chi connectivity index (χ1v) is 4.68. The average molecular weight is 192 g/mol. The van der Waals surface area contributed by atoms with Crippen molar-refractivity contribution in [1.82, 2.24) is 0 Å². The number of aryl methyl sites for hydroxylation is 1. The van der Waals surface area contributed by atoms with Crippen LogP contribution in [0.15, 0.2) is 18.2 Å². The van der Waals surface area contributed by atoms with Crippen LogP contribution in [0.1, 0.15) is 30.9 Å². The first-order chi connectivity index (χ1) is 6.52. The Kier molecular flexibility index (Phi) is 3.12. The molecule has 1 aromatic rings. The molecule has 0 aliphatic heterocycles. The maximum Gasteiger partial charge on any atom is 0.316 e. The van der Waals surface area contributed by atoms with Crippen molar-refractivity contribution in [3.8, 4) is 0 Å². The molecule has 0 radical (unpaired) electrons. The summed E-state index contributed by atoms with van der Waals surface area (Å²) >= 11 is 0. The molecule has 76 valence electrons. The van der Waals surface area contributed by atoms with Crippen LogP contribution in [0.25, 0.3) is 0 Å². The minimum absolute atomic E-state index is 0.372. The summed E-state index contributed by atoms with van der Waals surface area (Å²) in [5.41, 5.74) is 8.11. The lowest BCUT2D eigenvalue weighted by atomic mass is 9.98. The van der Waals surface area contributed by atoms with E-state index in [1.165, 1.54) is 0 Å². The number of amides is 2. The summed E-state index contributed by atoms with van der Waals surface area (Å²) in [6.07, 6.45) is 0. The van der Waals surface area contributed by atoms with E-state index in [0.29, 0.717) is 5.92 Å². The summed E-state index contributed by atoms with van der Waals surface area (Å²) < 4.78 is 0. The number of rotatable bonds is 2. The minimum Gasteiger partial charge on any atom is -0.351 e. The molecule has 0 bridgehead atoms. The highest BCUT2D eigenvalue weighted by Gasteiger charge is 2.09. The fourth-order valence-electron chi connectivity index (χ4n) is 1.47. The molecule has 0 fully saturated rings. The van der Waals surface area contributed by atoms with Gasteiger partial charge in [-0.05, 0) is 24.0 Å². The molecule has 0 aliphatic carbocycles. The Hall–Kier alpha value is -1.51. The normalized spacial score (nSPS) is 10.3. The molecule has 3 nitrogen and oxygen atoms in total. The van der Waals surface area contributed by atoms with E-state index >= 15 is 0 Å². The number of hydrogen-bond acceptors (Lipinski definition) is 1. The lowest BCUT2D eigenvalue weighted by Crippen LogP contribution is -2.21. The van der Waals surface area contributed by atoms with Gasteiger partial charge in [-0.3, -0.25) is 0 Å². The number of nitrogens with one attached hydrogen (secondary N) is 1. The van der Waals surface area contributed by atoms with E-state index in [4.69, 9.17) is 5.73 Å². The topological polar surface area (TPSA) is 55.1 Å². The van der Waals surface area contributed by atoms with Crippen molar-refractivity contribution in [3.63, 3.8) is 0 Å². The van der Waals surface area contributed by atoms with Crippen molar-refractivity contribution < 1.29 is 4.79 Å². The van der Waals surface area contributed by atoms with Gasteiger partial charge in [-0.25, -0.2) is 4.79 Å². The molecule has 3 heteroatoms. The quantitative estimate of drug-likeness (QED) is 0.743. The number of nitrogens with two attached hydrogens (primary N) is 1. The summed E-state index contributed by atoms with van der Waals surface area (Å²) in [6, 6.07) is 5.43. The van der Waals surface area contributed by atoms with Gasteiger partial charge >= 0.3 is 6.03 Å². The zero-order valence-corrected chi connectivity index (χ0v) is 8.79. The van der Waals surface area contributed by atoms with E-state index in [-0.39, 0.29) is 0 Å². The van der Waals surface area contributed by atoms with Crippen molar-refractivity contribution in [2.24, 2.45) is 5.73 Å². The molecule has 2 amide bonds. The standard InChI is InChI=1S/C11H16N2O/c1-7(2)9-6-4-5-8(3)10(9)13-11(12)14/h4-7H,1-3H3,(H3,12,13,14). The number of primary amides is 1. The van der Waals surface area contributed by atoms with Crippen LogP contribution in [0.2, 0.25) is 0 Å². The first-order valence-electron chi connectivity index (χ1n) is 4.68. The number of para-hydroxylation sites is 1. The Balaban J connectivity index is 3.15. The van der Waals surface area contributed by atoms with Crippen LogP contribution in [0, 0.1) is 6.92 Å². The molecule has 0 aliphatic rings. The molecule has 3 N–H and O–H groups in total. The molecule has 0 saturated heterocycles. The highest BCUT2D eigenvalue weighted by Crippen LogP contribution is 2.26. The fraction of sp³-hybridized carbons (Fsp3) is 0.364. The molecule has 0 aromatic heterocycles. The summed E-state index contributed by atoms with van der Waals surface area (Å²) in [5.74, 6) is 0.372. The lowest BCUT2D eigenvalue weighted by molar-refractivity contribution is 0.259. The number of carbonyl (C=O) groups excluding carboxylic acids is 1. The van der Waals surface area contributed by atoms with Crippen molar-refractivity contribution in [3.05, 3.63) is 29.3 Å². The predicted molar refractivity (Wildman–Crippen MR) is 58.5 cm³/mol. The molecular formula is C11H16N2O. The van der Waals surface area contributed by atoms with E-state index in [1.54, 1.807) is 0 Å². The number of benzene rings is 1. The zero-order chi connectivity index (χ0) is 10.7. The Bertz CT molecular complexity index is 345. The minimum atomic E-state index is -0.513. The van der Waals surface area contributed by atoms with Gasteiger partial charge in [0.2, 0.25) is 0 Å². The largest absolute Gasteiger partial charge is 0.351 e. The van der Waals surface area contributed by atoms with Gasteiger partial charge in [0.15, 0.2) is 0 Å². The van der Waals surface area contributed by atoms with Gasteiger partial charge in [-0.1, -0.05) is 32.0 Å².